The van der Waals surface area contributed by atoms with Gasteiger partial charge in [-0.25, -0.2) is 4.98 Å². The second-order valence-electron chi connectivity index (χ2n) is 4.75. The highest BCUT2D eigenvalue weighted by Crippen LogP contribution is 2.18. The number of hydrogen-bond acceptors (Lipinski definition) is 2. The van der Waals surface area contributed by atoms with Gasteiger partial charge in [0, 0.05) is 12.2 Å². The van der Waals surface area contributed by atoms with E-state index in [1.807, 2.05) is 13.0 Å². The zero-order valence-corrected chi connectivity index (χ0v) is 12.1. The molecular weight excluding hydrogens is 266 g/mol. The van der Waals surface area contributed by atoms with Gasteiger partial charge in [-0.05, 0) is 43.6 Å². The Labute approximate surface area is 118 Å². The van der Waals surface area contributed by atoms with Crippen LogP contribution in [0.5, 0.6) is 0 Å². The third-order valence-corrected chi connectivity index (χ3v) is 3.64. The Balaban J connectivity index is 1.90. The molecule has 0 spiro atoms. The fraction of sp³-hybridized carbons (Fsp3) is 0.538. The first-order chi connectivity index (χ1) is 8.65. The van der Waals surface area contributed by atoms with Crippen molar-refractivity contribution < 1.29 is 0 Å². The van der Waals surface area contributed by atoms with E-state index in [-0.39, 0.29) is 0 Å². The second-order valence-corrected chi connectivity index (χ2v) is 5.60. The quantitative estimate of drug-likeness (QED) is 0.812. The average molecular weight is 284 g/mol. The van der Waals surface area contributed by atoms with E-state index in [0.29, 0.717) is 16.2 Å². The molecule has 1 saturated carbocycles. The molecule has 5 heteroatoms. The third kappa shape index (κ3) is 3.82. The van der Waals surface area contributed by atoms with E-state index in [1.165, 1.54) is 32.1 Å². The number of hydrogen-bond donors (Lipinski definition) is 2. The maximum atomic E-state index is 5.87. The molecular formula is C13H18ClN3S. The molecule has 0 amide bonds. The molecule has 0 unspecified atom stereocenters. The summed E-state index contributed by atoms with van der Waals surface area (Å²) in [6.45, 7) is 1.96. The van der Waals surface area contributed by atoms with Crippen LogP contribution in [-0.4, -0.2) is 16.1 Å². The molecule has 0 aliphatic heterocycles. The van der Waals surface area contributed by atoms with E-state index in [4.69, 9.17) is 23.8 Å². The molecule has 1 aromatic rings. The number of nitrogens with one attached hydrogen (secondary N) is 2. The molecule has 1 aliphatic rings. The van der Waals surface area contributed by atoms with Crippen LogP contribution in [0.15, 0.2) is 12.3 Å². The lowest BCUT2D eigenvalue weighted by Gasteiger charge is -2.24. The van der Waals surface area contributed by atoms with Gasteiger partial charge < -0.3 is 10.6 Å². The number of nitrogens with zero attached hydrogens (tertiary/aromatic N) is 1. The first-order valence-corrected chi connectivity index (χ1v) is 7.13. The number of rotatable bonds is 2. The Bertz CT molecular complexity index is 430. The minimum Gasteiger partial charge on any atom is -0.360 e. The smallest absolute Gasteiger partial charge is 0.172 e. The van der Waals surface area contributed by atoms with Gasteiger partial charge in [-0.15, -0.1) is 0 Å². The molecule has 0 bridgehead atoms. The highest BCUT2D eigenvalue weighted by Gasteiger charge is 2.14. The maximum absolute atomic E-state index is 5.87. The van der Waals surface area contributed by atoms with E-state index in [1.54, 1.807) is 6.20 Å². The monoisotopic (exact) mass is 283 g/mol. The molecule has 1 aromatic heterocycles. The van der Waals surface area contributed by atoms with Crippen molar-refractivity contribution in [1.29, 1.82) is 0 Å². The normalized spacial score (nSPS) is 16.3. The molecule has 0 aromatic carbocycles. The minimum atomic E-state index is 0.506. The molecule has 1 heterocycles. The Kier molecular flexibility index (Phi) is 4.78. The Morgan fingerprint density at radius 1 is 1.39 bits per heavy atom. The molecule has 0 saturated heterocycles. The van der Waals surface area contributed by atoms with Crippen molar-refractivity contribution in [3.8, 4) is 0 Å². The average Bonchev–Trinajstić information content (AvgIpc) is 2.34. The third-order valence-electron chi connectivity index (χ3n) is 3.22. The van der Waals surface area contributed by atoms with Crippen LogP contribution in [0, 0.1) is 6.92 Å². The highest BCUT2D eigenvalue weighted by molar-refractivity contribution is 7.80. The number of thiocarbonyl (C=S) groups is 1. The lowest BCUT2D eigenvalue weighted by molar-refractivity contribution is 0.415. The van der Waals surface area contributed by atoms with Gasteiger partial charge in [0.1, 0.15) is 5.82 Å². The summed E-state index contributed by atoms with van der Waals surface area (Å²) in [5.74, 6) is 0.771. The van der Waals surface area contributed by atoms with Crippen LogP contribution in [0.4, 0.5) is 5.82 Å². The van der Waals surface area contributed by atoms with E-state index in [2.05, 4.69) is 15.6 Å². The Morgan fingerprint density at radius 2 is 2.11 bits per heavy atom. The lowest BCUT2D eigenvalue weighted by atomic mass is 9.96. The Morgan fingerprint density at radius 3 is 2.78 bits per heavy atom. The van der Waals surface area contributed by atoms with Gasteiger partial charge >= 0.3 is 0 Å². The van der Waals surface area contributed by atoms with Crippen LogP contribution in [0.25, 0.3) is 0 Å². The van der Waals surface area contributed by atoms with Crippen molar-refractivity contribution in [2.75, 3.05) is 5.32 Å². The van der Waals surface area contributed by atoms with Crippen LogP contribution < -0.4 is 10.6 Å². The van der Waals surface area contributed by atoms with Crippen LogP contribution in [0.2, 0.25) is 5.02 Å². The standard InChI is InChI=1S/C13H18ClN3S/c1-9-7-10(14)8-15-12(9)17-13(18)16-11-5-3-2-4-6-11/h7-8,11H,2-6H2,1H3,(H2,15,16,17,18). The van der Waals surface area contributed by atoms with E-state index < -0.39 is 0 Å². The molecule has 1 aliphatic carbocycles. The van der Waals surface area contributed by atoms with E-state index >= 15 is 0 Å². The van der Waals surface area contributed by atoms with Crippen molar-refractivity contribution in [3.05, 3.63) is 22.8 Å². The SMILES string of the molecule is Cc1cc(Cl)cnc1NC(=S)NC1CCCCC1. The number of anilines is 1. The summed E-state index contributed by atoms with van der Waals surface area (Å²) in [7, 11) is 0. The molecule has 1 fully saturated rings. The fourth-order valence-corrected chi connectivity index (χ4v) is 2.72. The fourth-order valence-electron chi connectivity index (χ4n) is 2.25. The molecule has 0 atom stereocenters. The van der Waals surface area contributed by atoms with Crippen LogP contribution >= 0.6 is 23.8 Å². The van der Waals surface area contributed by atoms with Gasteiger partial charge in [0.2, 0.25) is 0 Å². The Hall–Kier alpha value is -0.870. The molecule has 0 radical (unpaired) electrons. The second kappa shape index (κ2) is 6.34. The summed E-state index contributed by atoms with van der Waals surface area (Å²) < 4.78 is 0. The largest absolute Gasteiger partial charge is 0.360 e. The molecule has 2 N–H and O–H groups in total. The minimum absolute atomic E-state index is 0.506. The number of halogens is 1. The maximum Gasteiger partial charge on any atom is 0.172 e. The predicted molar refractivity (Wildman–Crippen MR) is 80.2 cm³/mol. The van der Waals surface area contributed by atoms with E-state index in [0.717, 1.165) is 11.4 Å². The van der Waals surface area contributed by atoms with Crippen molar-refractivity contribution in [2.45, 2.75) is 45.1 Å². The first kappa shape index (κ1) is 13.6. The molecule has 18 heavy (non-hydrogen) atoms. The summed E-state index contributed by atoms with van der Waals surface area (Å²) in [5, 5.41) is 7.79. The van der Waals surface area contributed by atoms with Crippen molar-refractivity contribution in [1.82, 2.24) is 10.3 Å². The van der Waals surface area contributed by atoms with Gasteiger partial charge in [0.25, 0.3) is 0 Å². The topological polar surface area (TPSA) is 37.0 Å². The first-order valence-electron chi connectivity index (χ1n) is 6.35. The van der Waals surface area contributed by atoms with Crippen LogP contribution in [0.3, 0.4) is 0 Å². The summed E-state index contributed by atoms with van der Waals surface area (Å²) >= 11 is 11.2. The summed E-state index contributed by atoms with van der Waals surface area (Å²) in [4.78, 5) is 4.24. The zero-order chi connectivity index (χ0) is 13.0. The molecule has 3 nitrogen and oxygen atoms in total. The van der Waals surface area contributed by atoms with Crippen molar-refractivity contribution in [3.63, 3.8) is 0 Å². The van der Waals surface area contributed by atoms with Crippen molar-refractivity contribution >= 4 is 34.7 Å². The van der Waals surface area contributed by atoms with Gasteiger partial charge in [-0.1, -0.05) is 30.9 Å². The number of aryl methyl sites for hydroxylation is 1. The number of aromatic nitrogens is 1. The molecule has 98 valence electrons. The van der Waals surface area contributed by atoms with Gasteiger partial charge in [-0.3, -0.25) is 0 Å². The zero-order valence-electron chi connectivity index (χ0n) is 10.5. The van der Waals surface area contributed by atoms with Crippen LogP contribution in [0.1, 0.15) is 37.7 Å². The lowest BCUT2D eigenvalue weighted by Crippen LogP contribution is -2.39. The van der Waals surface area contributed by atoms with Gasteiger partial charge in [-0.2, -0.15) is 0 Å². The summed E-state index contributed by atoms with van der Waals surface area (Å²) in [5.41, 5.74) is 0.996. The van der Waals surface area contributed by atoms with Gasteiger partial charge in [0.05, 0.1) is 5.02 Å². The van der Waals surface area contributed by atoms with E-state index in [9.17, 15) is 0 Å². The predicted octanol–water partition coefficient (Wildman–Crippen LogP) is 3.66. The molecule has 2 rings (SSSR count). The number of pyridine rings is 1. The van der Waals surface area contributed by atoms with Crippen molar-refractivity contribution in [2.24, 2.45) is 0 Å². The highest BCUT2D eigenvalue weighted by atomic mass is 35.5. The summed E-state index contributed by atoms with van der Waals surface area (Å²) in [6.07, 6.45) is 7.96. The summed E-state index contributed by atoms with van der Waals surface area (Å²) in [6, 6.07) is 2.38. The van der Waals surface area contributed by atoms with Gasteiger partial charge in [0.15, 0.2) is 5.11 Å². The van der Waals surface area contributed by atoms with Crippen LogP contribution in [-0.2, 0) is 0 Å².